The Morgan fingerprint density at radius 3 is 2.48 bits per heavy atom. The molecule has 0 aromatic heterocycles. The van der Waals surface area contributed by atoms with Crippen LogP contribution in [0.15, 0.2) is 30.3 Å². The van der Waals surface area contributed by atoms with E-state index in [9.17, 15) is 19.2 Å². The number of carbonyl (C=O) groups excluding carboxylic acids is 4. The normalized spacial score (nSPS) is 11.1. The highest BCUT2D eigenvalue weighted by atomic mass is 16.5. The van der Waals surface area contributed by atoms with Crippen molar-refractivity contribution in [2.24, 2.45) is 5.92 Å². The van der Waals surface area contributed by atoms with Crippen LogP contribution >= 0.6 is 0 Å². The third kappa shape index (κ3) is 5.85. The molecule has 0 bridgehead atoms. The molecule has 1 aromatic carbocycles. The van der Waals surface area contributed by atoms with Gasteiger partial charge in [0.05, 0.1) is 6.54 Å². The molecule has 2 N–H and O–H groups in total. The summed E-state index contributed by atoms with van der Waals surface area (Å²) in [6.07, 6.45) is -0.435. The predicted molar refractivity (Wildman–Crippen MR) is 73.0 cm³/mol. The number of benzene rings is 1. The van der Waals surface area contributed by atoms with Crippen LogP contribution in [0.3, 0.4) is 0 Å². The Labute approximate surface area is 121 Å². The summed E-state index contributed by atoms with van der Waals surface area (Å²) < 4.78 is 4.85. The van der Waals surface area contributed by atoms with E-state index in [-0.39, 0.29) is 13.2 Å². The van der Waals surface area contributed by atoms with E-state index < -0.39 is 23.8 Å². The van der Waals surface area contributed by atoms with Crippen molar-refractivity contribution < 1.29 is 23.9 Å². The molecule has 0 aliphatic rings. The van der Waals surface area contributed by atoms with Crippen molar-refractivity contribution in [3.8, 4) is 0 Å². The van der Waals surface area contributed by atoms with Gasteiger partial charge in [0.2, 0.25) is 11.8 Å². The summed E-state index contributed by atoms with van der Waals surface area (Å²) in [4.78, 5) is 44.6. The highest BCUT2D eigenvalue weighted by Crippen LogP contribution is 2.01. The zero-order valence-corrected chi connectivity index (χ0v) is 11.5. The van der Waals surface area contributed by atoms with E-state index in [4.69, 9.17) is 4.74 Å². The van der Waals surface area contributed by atoms with Crippen molar-refractivity contribution in [3.63, 3.8) is 0 Å². The molecule has 3 amide bonds. The maximum atomic E-state index is 11.6. The second-order valence-electron chi connectivity index (χ2n) is 4.18. The molecule has 0 radical (unpaired) electrons. The number of hydrogen-bond donors (Lipinski definition) is 2. The summed E-state index contributed by atoms with van der Waals surface area (Å²) in [5.74, 6) is -2.54. The number of ether oxygens (including phenoxy) is 1. The van der Waals surface area contributed by atoms with Gasteiger partial charge in [0.15, 0.2) is 0 Å². The zero-order chi connectivity index (χ0) is 15.7. The second-order valence-corrected chi connectivity index (χ2v) is 4.18. The van der Waals surface area contributed by atoms with Crippen LogP contribution in [0, 0.1) is 5.92 Å². The van der Waals surface area contributed by atoms with Crippen molar-refractivity contribution in [1.82, 2.24) is 10.6 Å². The molecule has 1 unspecified atom stereocenters. The molecule has 21 heavy (non-hydrogen) atoms. The van der Waals surface area contributed by atoms with Crippen LogP contribution in [0.4, 0.5) is 4.79 Å². The lowest BCUT2D eigenvalue weighted by molar-refractivity contribution is -0.134. The van der Waals surface area contributed by atoms with E-state index in [2.05, 4.69) is 5.32 Å². The minimum Gasteiger partial charge on any atom is -0.444 e. The molecular formula is C14H16N2O5. The van der Waals surface area contributed by atoms with E-state index in [1.54, 1.807) is 24.3 Å². The summed E-state index contributed by atoms with van der Waals surface area (Å²) in [6, 6.07) is 8.95. The first kappa shape index (κ1) is 16.4. The van der Waals surface area contributed by atoms with Crippen LogP contribution in [0.5, 0.6) is 0 Å². The lowest BCUT2D eigenvalue weighted by atomic mass is 10.1. The first-order valence-electron chi connectivity index (χ1n) is 6.27. The molecule has 0 aliphatic heterocycles. The number of alkyl carbamates (subject to hydrolysis) is 1. The highest BCUT2D eigenvalue weighted by Gasteiger charge is 2.23. The van der Waals surface area contributed by atoms with Crippen molar-refractivity contribution >= 4 is 24.2 Å². The highest BCUT2D eigenvalue weighted by molar-refractivity contribution is 6.05. The van der Waals surface area contributed by atoms with Gasteiger partial charge in [-0.2, -0.15) is 0 Å². The molecule has 0 saturated heterocycles. The number of aldehydes is 1. The van der Waals surface area contributed by atoms with Crippen LogP contribution in [0.2, 0.25) is 0 Å². The molecule has 0 heterocycles. The molecule has 1 rings (SSSR count). The number of nitrogens with one attached hydrogen (secondary N) is 2. The fraction of sp³-hybridized carbons (Fsp3) is 0.286. The third-order valence-corrected chi connectivity index (χ3v) is 2.58. The minimum absolute atomic E-state index is 0.0195. The molecule has 0 fully saturated rings. The maximum Gasteiger partial charge on any atom is 0.414 e. The van der Waals surface area contributed by atoms with Gasteiger partial charge in [-0.3, -0.25) is 14.9 Å². The van der Waals surface area contributed by atoms with E-state index in [1.807, 2.05) is 11.4 Å². The molecule has 112 valence electrons. The van der Waals surface area contributed by atoms with Gasteiger partial charge in [0.1, 0.15) is 18.8 Å². The lowest BCUT2D eigenvalue weighted by Gasteiger charge is -2.11. The Bertz CT molecular complexity index is 515. The molecule has 7 nitrogen and oxygen atoms in total. The molecule has 1 atom stereocenters. The van der Waals surface area contributed by atoms with Gasteiger partial charge in [-0.25, -0.2) is 4.79 Å². The first-order valence-corrected chi connectivity index (χ1v) is 6.27. The average molecular weight is 292 g/mol. The average Bonchev–Trinajstić information content (AvgIpc) is 2.50. The fourth-order valence-electron chi connectivity index (χ4n) is 1.38. The van der Waals surface area contributed by atoms with Crippen molar-refractivity contribution in [3.05, 3.63) is 35.9 Å². The van der Waals surface area contributed by atoms with E-state index >= 15 is 0 Å². The van der Waals surface area contributed by atoms with Gasteiger partial charge < -0.3 is 14.8 Å². The Balaban J connectivity index is 2.38. The Kier molecular flexibility index (Phi) is 6.59. The largest absolute Gasteiger partial charge is 0.444 e. The summed E-state index contributed by atoms with van der Waals surface area (Å²) in [7, 11) is 0. The van der Waals surface area contributed by atoms with Gasteiger partial charge in [0.25, 0.3) is 0 Å². The lowest BCUT2D eigenvalue weighted by Crippen LogP contribution is -2.42. The molecule has 1 aromatic rings. The second kappa shape index (κ2) is 8.47. The van der Waals surface area contributed by atoms with Gasteiger partial charge in [0, 0.05) is 0 Å². The van der Waals surface area contributed by atoms with E-state index in [0.717, 1.165) is 5.56 Å². The number of rotatable bonds is 6. The topological polar surface area (TPSA) is 102 Å². The van der Waals surface area contributed by atoms with Crippen molar-refractivity contribution in [2.75, 3.05) is 6.54 Å². The van der Waals surface area contributed by atoms with Gasteiger partial charge >= 0.3 is 6.09 Å². The van der Waals surface area contributed by atoms with E-state index in [0.29, 0.717) is 6.29 Å². The van der Waals surface area contributed by atoms with Crippen molar-refractivity contribution in [1.29, 1.82) is 0 Å². The minimum atomic E-state index is -1.10. The quantitative estimate of drug-likeness (QED) is 0.583. The number of amides is 3. The number of carbonyl (C=O) groups is 4. The Hall–Kier alpha value is -2.70. The van der Waals surface area contributed by atoms with Crippen molar-refractivity contribution in [2.45, 2.75) is 13.5 Å². The molecule has 0 spiro atoms. The monoisotopic (exact) mass is 292 g/mol. The molecule has 0 saturated carbocycles. The van der Waals surface area contributed by atoms with Crippen LogP contribution in [0.25, 0.3) is 0 Å². The van der Waals surface area contributed by atoms with Gasteiger partial charge in [-0.1, -0.05) is 30.3 Å². The Morgan fingerprint density at radius 1 is 1.19 bits per heavy atom. The zero-order valence-electron chi connectivity index (χ0n) is 11.5. The van der Waals surface area contributed by atoms with Crippen LogP contribution in [0.1, 0.15) is 12.5 Å². The van der Waals surface area contributed by atoms with Crippen LogP contribution in [-0.2, 0) is 25.7 Å². The molecular weight excluding hydrogens is 276 g/mol. The summed E-state index contributed by atoms with van der Waals surface area (Å²) in [6.45, 7) is 1.15. The summed E-state index contributed by atoms with van der Waals surface area (Å²) in [5.41, 5.74) is 0.775. The van der Waals surface area contributed by atoms with Gasteiger partial charge in [-0.15, -0.1) is 0 Å². The van der Waals surface area contributed by atoms with Crippen LogP contribution in [-0.4, -0.2) is 30.7 Å². The van der Waals surface area contributed by atoms with Gasteiger partial charge in [-0.05, 0) is 12.5 Å². The molecule has 7 heteroatoms. The first-order chi connectivity index (χ1) is 10.0. The number of hydrogen-bond acceptors (Lipinski definition) is 5. The summed E-state index contributed by atoms with van der Waals surface area (Å²) >= 11 is 0. The third-order valence-electron chi connectivity index (χ3n) is 2.58. The summed E-state index contributed by atoms with van der Waals surface area (Å²) in [5, 5.41) is 4.18. The fourth-order valence-corrected chi connectivity index (χ4v) is 1.38. The van der Waals surface area contributed by atoms with Crippen LogP contribution < -0.4 is 10.6 Å². The standard InChI is InChI=1S/C14H16N2O5/c1-10(12(18)15-7-8-17)13(19)16-14(20)21-9-11-5-3-2-4-6-11/h2-6,8,10H,7,9H2,1H3,(H,15,18)(H,16,19,20). The smallest absolute Gasteiger partial charge is 0.414 e. The Morgan fingerprint density at radius 2 is 1.86 bits per heavy atom. The predicted octanol–water partition coefficient (Wildman–Crippen LogP) is 0.391. The molecule has 0 aliphatic carbocycles. The number of imide groups is 1. The maximum absolute atomic E-state index is 11.6. The SMILES string of the molecule is CC(C(=O)NCC=O)C(=O)NC(=O)OCc1ccccc1. The van der Waals surface area contributed by atoms with E-state index in [1.165, 1.54) is 6.92 Å².